The first-order chi connectivity index (χ1) is 7.83. The molecule has 2 aromatic carbocycles. The summed E-state index contributed by atoms with van der Waals surface area (Å²) in [5.41, 5.74) is 7.14. The average molecular weight is 213 g/mol. The van der Waals surface area contributed by atoms with Gasteiger partial charge in [-0.1, -0.05) is 55.8 Å². The Hall–Kier alpha value is -1.34. The SMILES string of the molecule is CCC(CN)Cc1ccc2ccccc2c1. The molecule has 16 heavy (non-hydrogen) atoms. The molecule has 2 rings (SSSR count). The van der Waals surface area contributed by atoms with Crippen LogP contribution in [0.25, 0.3) is 10.8 Å². The predicted octanol–water partition coefficient (Wildman–Crippen LogP) is 3.37. The third-order valence-corrected chi connectivity index (χ3v) is 3.25. The molecule has 0 spiro atoms. The molecule has 0 radical (unpaired) electrons. The van der Waals surface area contributed by atoms with Crippen LogP contribution in [0, 0.1) is 5.92 Å². The van der Waals surface area contributed by atoms with Gasteiger partial charge in [-0.25, -0.2) is 0 Å². The van der Waals surface area contributed by atoms with Gasteiger partial charge in [0.05, 0.1) is 0 Å². The molecule has 1 unspecified atom stereocenters. The zero-order chi connectivity index (χ0) is 11.4. The highest BCUT2D eigenvalue weighted by atomic mass is 14.5. The Morgan fingerprint density at radius 3 is 2.50 bits per heavy atom. The van der Waals surface area contributed by atoms with E-state index in [1.165, 1.54) is 16.3 Å². The summed E-state index contributed by atoms with van der Waals surface area (Å²) < 4.78 is 0. The van der Waals surface area contributed by atoms with Crippen molar-refractivity contribution in [3.8, 4) is 0 Å². The van der Waals surface area contributed by atoms with E-state index in [4.69, 9.17) is 5.73 Å². The summed E-state index contributed by atoms with van der Waals surface area (Å²) in [4.78, 5) is 0. The summed E-state index contributed by atoms with van der Waals surface area (Å²) in [7, 11) is 0. The van der Waals surface area contributed by atoms with Gasteiger partial charge >= 0.3 is 0 Å². The van der Waals surface area contributed by atoms with Crippen molar-refractivity contribution < 1.29 is 0 Å². The second kappa shape index (κ2) is 5.13. The highest BCUT2D eigenvalue weighted by molar-refractivity contribution is 5.82. The van der Waals surface area contributed by atoms with Crippen LogP contribution < -0.4 is 5.73 Å². The molecular formula is C15H19N. The predicted molar refractivity (Wildman–Crippen MR) is 70.5 cm³/mol. The molecule has 1 nitrogen and oxygen atoms in total. The van der Waals surface area contributed by atoms with Gasteiger partial charge < -0.3 is 5.73 Å². The number of hydrogen-bond donors (Lipinski definition) is 1. The summed E-state index contributed by atoms with van der Waals surface area (Å²) >= 11 is 0. The van der Waals surface area contributed by atoms with Gasteiger partial charge in [-0.2, -0.15) is 0 Å². The van der Waals surface area contributed by atoms with Gasteiger partial charge in [-0.15, -0.1) is 0 Å². The van der Waals surface area contributed by atoms with Crippen LogP contribution in [0.2, 0.25) is 0 Å². The fourth-order valence-corrected chi connectivity index (χ4v) is 2.09. The standard InChI is InChI=1S/C15H19N/c1-2-12(11-16)9-13-7-8-14-5-3-4-6-15(14)10-13/h3-8,10,12H,2,9,11,16H2,1H3. The second-order valence-corrected chi connectivity index (χ2v) is 4.40. The van der Waals surface area contributed by atoms with Crippen LogP contribution in [0.15, 0.2) is 42.5 Å². The molecule has 0 saturated heterocycles. The molecule has 84 valence electrons. The van der Waals surface area contributed by atoms with Crippen molar-refractivity contribution in [1.82, 2.24) is 0 Å². The first-order valence-electron chi connectivity index (χ1n) is 6.01. The van der Waals surface area contributed by atoms with E-state index < -0.39 is 0 Å². The molecule has 0 saturated carbocycles. The molecule has 2 aromatic rings. The molecular weight excluding hydrogens is 194 g/mol. The Bertz CT molecular complexity index is 458. The van der Waals surface area contributed by atoms with Gasteiger partial charge in [0.2, 0.25) is 0 Å². The van der Waals surface area contributed by atoms with Gasteiger partial charge in [0, 0.05) is 0 Å². The fraction of sp³-hybridized carbons (Fsp3) is 0.333. The highest BCUT2D eigenvalue weighted by Gasteiger charge is 2.05. The number of rotatable bonds is 4. The fourth-order valence-electron chi connectivity index (χ4n) is 2.09. The number of nitrogens with two attached hydrogens (primary N) is 1. The molecule has 0 aromatic heterocycles. The summed E-state index contributed by atoms with van der Waals surface area (Å²) in [6.45, 7) is 2.99. The molecule has 1 atom stereocenters. The zero-order valence-corrected chi connectivity index (χ0v) is 9.82. The van der Waals surface area contributed by atoms with Gasteiger partial charge in [0.15, 0.2) is 0 Å². The van der Waals surface area contributed by atoms with Crippen LogP contribution >= 0.6 is 0 Å². The van der Waals surface area contributed by atoms with E-state index in [0.29, 0.717) is 5.92 Å². The molecule has 1 heteroatoms. The monoisotopic (exact) mass is 213 g/mol. The van der Waals surface area contributed by atoms with Crippen molar-refractivity contribution in [3.05, 3.63) is 48.0 Å². The van der Waals surface area contributed by atoms with E-state index in [1.807, 2.05) is 0 Å². The smallest absolute Gasteiger partial charge is 0.00458 e. The first kappa shape index (κ1) is 11.2. The maximum Gasteiger partial charge on any atom is -0.00458 e. The summed E-state index contributed by atoms with van der Waals surface area (Å²) in [6, 6.07) is 15.2. The van der Waals surface area contributed by atoms with Crippen LogP contribution in [0.3, 0.4) is 0 Å². The number of fused-ring (bicyclic) bond motifs is 1. The third kappa shape index (κ3) is 2.42. The Labute approximate surface area is 97.3 Å². The molecule has 0 amide bonds. The van der Waals surface area contributed by atoms with Gasteiger partial charge in [-0.05, 0) is 35.2 Å². The molecule has 0 heterocycles. The molecule has 0 aliphatic rings. The quantitative estimate of drug-likeness (QED) is 0.828. The maximum absolute atomic E-state index is 5.74. The van der Waals surface area contributed by atoms with E-state index in [1.54, 1.807) is 0 Å². The zero-order valence-electron chi connectivity index (χ0n) is 9.82. The van der Waals surface area contributed by atoms with Crippen LogP contribution in [0.5, 0.6) is 0 Å². The van der Waals surface area contributed by atoms with Crippen molar-refractivity contribution in [2.75, 3.05) is 6.54 Å². The van der Waals surface area contributed by atoms with Crippen LogP contribution in [0.1, 0.15) is 18.9 Å². The Morgan fingerprint density at radius 1 is 1.06 bits per heavy atom. The van der Waals surface area contributed by atoms with E-state index in [2.05, 4.69) is 49.4 Å². The lowest BCUT2D eigenvalue weighted by Crippen LogP contribution is -2.15. The van der Waals surface area contributed by atoms with Gasteiger partial charge in [0.1, 0.15) is 0 Å². The van der Waals surface area contributed by atoms with Crippen molar-refractivity contribution in [2.24, 2.45) is 11.7 Å². The van der Waals surface area contributed by atoms with Gasteiger partial charge in [0.25, 0.3) is 0 Å². The lowest BCUT2D eigenvalue weighted by atomic mass is 9.95. The third-order valence-electron chi connectivity index (χ3n) is 3.25. The Morgan fingerprint density at radius 2 is 1.81 bits per heavy atom. The highest BCUT2D eigenvalue weighted by Crippen LogP contribution is 2.18. The lowest BCUT2D eigenvalue weighted by molar-refractivity contribution is 0.519. The number of benzene rings is 2. The number of hydrogen-bond acceptors (Lipinski definition) is 1. The molecule has 0 bridgehead atoms. The van der Waals surface area contributed by atoms with Gasteiger partial charge in [-0.3, -0.25) is 0 Å². The summed E-state index contributed by atoms with van der Waals surface area (Å²) in [6.07, 6.45) is 2.25. The molecule has 0 fully saturated rings. The minimum atomic E-state index is 0.612. The minimum absolute atomic E-state index is 0.612. The van der Waals surface area contributed by atoms with Crippen molar-refractivity contribution in [2.45, 2.75) is 19.8 Å². The lowest BCUT2D eigenvalue weighted by Gasteiger charge is -2.12. The van der Waals surface area contributed by atoms with E-state index in [0.717, 1.165) is 19.4 Å². The summed E-state index contributed by atoms with van der Waals surface area (Å²) in [5, 5.41) is 2.64. The second-order valence-electron chi connectivity index (χ2n) is 4.40. The Balaban J connectivity index is 2.25. The van der Waals surface area contributed by atoms with Crippen molar-refractivity contribution in [3.63, 3.8) is 0 Å². The van der Waals surface area contributed by atoms with E-state index in [-0.39, 0.29) is 0 Å². The van der Waals surface area contributed by atoms with Crippen molar-refractivity contribution in [1.29, 1.82) is 0 Å². The average Bonchev–Trinajstić information content (AvgIpc) is 2.35. The normalized spacial score (nSPS) is 12.9. The van der Waals surface area contributed by atoms with Crippen LogP contribution in [-0.2, 0) is 6.42 Å². The van der Waals surface area contributed by atoms with E-state index >= 15 is 0 Å². The Kier molecular flexibility index (Phi) is 3.58. The largest absolute Gasteiger partial charge is 0.330 e. The van der Waals surface area contributed by atoms with Crippen LogP contribution in [0.4, 0.5) is 0 Å². The van der Waals surface area contributed by atoms with Crippen molar-refractivity contribution >= 4 is 10.8 Å². The molecule has 0 aliphatic heterocycles. The first-order valence-corrected chi connectivity index (χ1v) is 6.01. The maximum atomic E-state index is 5.74. The molecule has 0 aliphatic carbocycles. The summed E-state index contributed by atoms with van der Waals surface area (Å²) in [5.74, 6) is 0.612. The molecule has 2 N–H and O–H groups in total. The topological polar surface area (TPSA) is 26.0 Å². The van der Waals surface area contributed by atoms with Crippen LogP contribution in [-0.4, -0.2) is 6.54 Å². The minimum Gasteiger partial charge on any atom is -0.330 e. The van der Waals surface area contributed by atoms with E-state index in [9.17, 15) is 0 Å².